The zero-order valence-electron chi connectivity index (χ0n) is 14.3. The van der Waals surface area contributed by atoms with E-state index in [0.717, 1.165) is 5.56 Å². The van der Waals surface area contributed by atoms with Crippen LogP contribution in [0, 0.1) is 11.3 Å². The number of aromatic nitrogens is 1. The lowest BCUT2D eigenvalue weighted by Gasteiger charge is -2.25. The Hall–Kier alpha value is -2.14. The molecule has 1 saturated heterocycles. The highest BCUT2D eigenvalue weighted by Crippen LogP contribution is 2.29. The fraction of sp³-hybridized carbons (Fsp3) is 0.333. The fourth-order valence-electron chi connectivity index (χ4n) is 3.07. The normalized spacial score (nSPS) is 17.5. The molecule has 3 rings (SSSR count). The molecule has 0 saturated carbocycles. The van der Waals surface area contributed by atoms with Gasteiger partial charge in [0.25, 0.3) is 0 Å². The highest BCUT2D eigenvalue weighted by molar-refractivity contribution is 7.88. The van der Waals surface area contributed by atoms with E-state index >= 15 is 0 Å². The zero-order valence-corrected chi connectivity index (χ0v) is 15.9. The number of benzene rings is 1. The molecule has 2 heterocycles. The number of anilines is 1. The summed E-state index contributed by atoms with van der Waals surface area (Å²) < 4.78 is 26.9. The minimum Gasteiger partial charge on any atom is -0.354 e. The number of rotatable bonds is 5. The van der Waals surface area contributed by atoms with Crippen LogP contribution >= 0.6 is 11.6 Å². The first-order chi connectivity index (χ1) is 12.4. The van der Waals surface area contributed by atoms with Crippen molar-refractivity contribution >= 4 is 27.4 Å². The molecule has 1 aliphatic rings. The van der Waals surface area contributed by atoms with Gasteiger partial charge in [0.15, 0.2) is 0 Å². The molecule has 1 aromatic heterocycles. The van der Waals surface area contributed by atoms with Gasteiger partial charge in [-0.2, -0.15) is 9.57 Å². The number of hydrogen-bond donors (Lipinski definition) is 0. The number of nitriles is 1. The summed E-state index contributed by atoms with van der Waals surface area (Å²) in [6.45, 7) is 1.18. The molecule has 6 nitrogen and oxygen atoms in total. The van der Waals surface area contributed by atoms with E-state index in [-0.39, 0.29) is 11.8 Å². The minimum absolute atomic E-state index is 0.0172. The number of sulfonamides is 1. The Morgan fingerprint density at radius 3 is 2.77 bits per heavy atom. The lowest BCUT2D eigenvalue weighted by atomic mass is 10.2. The molecule has 0 amide bonds. The van der Waals surface area contributed by atoms with Crippen LogP contribution in [-0.4, -0.2) is 43.9 Å². The van der Waals surface area contributed by atoms with Crippen molar-refractivity contribution in [1.29, 1.82) is 5.26 Å². The van der Waals surface area contributed by atoms with Crippen molar-refractivity contribution < 1.29 is 8.42 Å². The Kier molecular flexibility index (Phi) is 5.47. The second-order valence-corrected chi connectivity index (χ2v) is 8.72. The summed E-state index contributed by atoms with van der Waals surface area (Å²) in [6, 6.07) is 12.6. The third-order valence-corrected chi connectivity index (χ3v) is 6.71. The summed E-state index contributed by atoms with van der Waals surface area (Å²) in [5, 5.41) is 9.31. The van der Waals surface area contributed by atoms with Gasteiger partial charge in [0.2, 0.25) is 10.0 Å². The first kappa shape index (κ1) is 18.6. The summed E-state index contributed by atoms with van der Waals surface area (Å²) in [6.07, 6.45) is 2.17. The number of likely N-dealkylation sites (N-methyl/N-ethyl adjacent to an activating group) is 1. The predicted octanol–water partition coefficient (Wildman–Crippen LogP) is 2.65. The molecule has 8 heteroatoms. The quantitative estimate of drug-likeness (QED) is 0.784. The van der Waals surface area contributed by atoms with Gasteiger partial charge in [-0.25, -0.2) is 13.4 Å². The van der Waals surface area contributed by atoms with Crippen LogP contribution in [0.15, 0.2) is 42.6 Å². The Morgan fingerprint density at radius 1 is 1.38 bits per heavy atom. The first-order valence-corrected chi connectivity index (χ1v) is 10.2. The van der Waals surface area contributed by atoms with Gasteiger partial charge in [-0.05, 0) is 18.1 Å². The van der Waals surface area contributed by atoms with Gasteiger partial charge in [0.05, 0.1) is 16.3 Å². The van der Waals surface area contributed by atoms with Gasteiger partial charge >= 0.3 is 0 Å². The van der Waals surface area contributed by atoms with E-state index in [1.165, 1.54) is 10.5 Å². The van der Waals surface area contributed by atoms with Crippen molar-refractivity contribution in [2.75, 3.05) is 25.0 Å². The summed E-state index contributed by atoms with van der Waals surface area (Å²) >= 11 is 6.23. The van der Waals surface area contributed by atoms with E-state index in [0.29, 0.717) is 35.9 Å². The molecule has 0 aliphatic carbocycles. The van der Waals surface area contributed by atoms with Crippen LogP contribution < -0.4 is 4.90 Å². The van der Waals surface area contributed by atoms with Crippen LogP contribution in [0.3, 0.4) is 0 Å². The number of nitrogens with zero attached hydrogens (tertiary/aromatic N) is 4. The summed E-state index contributed by atoms with van der Waals surface area (Å²) in [5.74, 6) is 0.568. The molecule has 1 fully saturated rings. The lowest BCUT2D eigenvalue weighted by Crippen LogP contribution is -2.39. The second-order valence-electron chi connectivity index (χ2n) is 6.29. The van der Waals surface area contributed by atoms with Crippen LogP contribution in [0.5, 0.6) is 0 Å². The van der Waals surface area contributed by atoms with Crippen LogP contribution in [0.2, 0.25) is 5.02 Å². The molecule has 0 N–H and O–H groups in total. The topological polar surface area (TPSA) is 77.3 Å². The highest BCUT2D eigenvalue weighted by atomic mass is 35.5. The van der Waals surface area contributed by atoms with Gasteiger partial charge in [0.1, 0.15) is 11.9 Å². The van der Waals surface area contributed by atoms with Crippen LogP contribution in [0.1, 0.15) is 17.5 Å². The molecule has 1 aromatic carbocycles. The van der Waals surface area contributed by atoms with E-state index in [1.54, 1.807) is 13.1 Å². The number of pyridine rings is 1. The predicted molar refractivity (Wildman–Crippen MR) is 101 cm³/mol. The van der Waals surface area contributed by atoms with E-state index < -0.39 is 10.0 Å². The van der Waals surface area contributed by atoms with Crippen molar-refractivity contribution in [3.63, 3.8) is 0 Å². The van der Waals surface area contributed by atoms with E-state index in [2.05, 4.69) is 4.98 Å². The summed E-state index contributed by atoms with van der Waals surface area (Å²) in [7, 11) is -1.79. The van der Waals surface area contributed by atoms with Crippen molar-refractivity contribution in [1.82, 2.24) is 9.29 Å². The summed E-state index contributed by atoms with van der Waals surface area (Å²) in [5.41, 5.74) is 1.17. The van der Waals surface area contributed by atoms with Gasteiger partial charge in [-0.3, -0.25) is 0 Å². The SMILES string of the molecule is CN(C1CCN(c2ncc(C#N)cc2Cl)C1)S(=O)(=O)Cc1ccccc1. The van der Waals surface area contributed by atoms with Gasteiger partial charge in [0, 0.05) is 32.4 Å². The molecule has 0 bridgehead atoms. The third-order valence-electron chi connectivity index (χ3n) is 4.56. The Labute approximate surface area is 158 Å². The van der Waals surface area contributed by atoms with Crippen molar-refractivity contribution in [2.45, 2.75) is 18.2 Å². The smallest absolute Gasteiger partial charge is 0.218 e. The van der Waals surface area contributed by atoms with E-state index in [9.17, 15) is 8.42 Å². The summed E-state index contributed by atoms with van der Waals surface area (Å²) in [4.78, 5) is 6.22. The molecule has 0 spiro atoms. The number of halogens is 1. The van der Waals surface area contributed by atoms with Gasteiger partial charge in [-0.15, -0.1) is 0 Å². The van der Waals surface area contributed by atoms with Gasteiger partial charge < -0.3 is 4.90 Å². The second kappa shape index (κ2) is 7.62. The maximum Gasteiger partial charge on any atom is 0.218 e. The van der Waals surface area contributed by atoms with Crippen molar-refractivity contribution in [3.05, 3.63) is 58.7 Å². The van der Waals surface area contributed by atoms with Gasteiger partial charge in [-0.1, -0.05) is 41.9 Å². The molecule has 1 aliphatic heterocycles. The molecular formula is C18H19ClN4O2S. The molecule has 1 unspecified atom stereocenters. The number of hydrogen-bond acceptors (Lipinski definition) is 5. The van der Waals surface area contributed by atoms with E-state index in [4.69, 9.17) is 16.9 Å². The Bertz CT molecular complexity index is 928. The van der Waals surface area contributed by atoms with Crippen molar-refractivity contribution in [3.8, 4) is 6.07 Å². The average molecular weight is 391 g/mol. The largest absolute Gasteiger partial charge is 0.354 e. The highest BCUT2D eigenvalue weighted by Gasteiger charge is 2.33. The van der Waals surface area contributed by atoms with E-state index in [1.807, 2.05) is 41.3 Å². The molecule has 1 atom stereocenters. The zero-order chi connectivity index (χ0) is 18.7. The maximum absolute atomic E-state index is 12.7. The fourth-order valence-corrected chi connectivity index (χ4v) is 4.80. The third kappa shape index (κ3) is 3.98. The first-order valence-electron chi connectivity index (χ1n) is 8.21. The molecule has 0 radical (unpaired) electrons. The molecular weight excluding hydrogens is 372 g/mol. The monoisotopic (exact) mass is 390 g/mol. The molecule has 136 valence electrons. The minimum atomic E-state index is -3.41. The van der Waals surface area contributed by atoms with Crippen LogP contribution in [-0.2, 0) is 15.8 Å². The molecule has 2 aromatic rings. The van der Waals surface area contributed by atoms with Crippen LogP contribution in [0.25, 0.3) is 0 Å². The molecule has 26 heavy (non-hydrogen) atoms. The lowest BCUT2D eigenvalue weighted by molar-refractivity contribution is 0.389. The van der Waals surface area contributed by atoms with Crippen LogP contribution in [0.4, 0.5) is 5.82 Å². The Balaban J connectivity index is 1.71. The average Bonchev–Trinajstić information content (AvgIpc) is 3.11. The Morgan fingerprint density at radius 2 is 2.12 bits per heavy atom. The standard InChI is InChI=1S/C18H19ClN4O2S/c1-22(26(24,25)13-14-5-3-2-4-6-14)16-7-8-23(12-16)18-17(19)9-15(10-20)11-21-18/h2-6,9,11,16H,7-8,12-13H2,1H3. The van der Waals surface area contributed by atoms with Crippen molar-refractivity contribution in [2.24, 2.45) is 0 Å². The maximum atomic E-state index is 12.7.